The number of sulfonamides is 1. The number of hydrogen-bond acceptors (Lipinski definition) is 6. The number of nitrogens with one attached hydrogen (secondary N) is 1. The summed E-state index contributed by atoms with van der Waals surface area (Å²) in [6.45, 7) is 0.361. The van der Waals surface area contributed by atoms with E-state index in [1.807, 2.05) is 0 Å². The molecule has 168 valence electrons. The van der Waals surface area contributed by atoms with Gasteiger partial charge in [0.15, 0.2) is 0 Å². The van der Waals surface area contributed by atoms with Crippen LogP contribution >= 0.6 is 11.6 Å². The lowest BCUT2D eigenvalue weighted by molar-refractivity contribution is -0.120. The SMILES string of the molecule is COc1ccc(OC)c(NC(=O)[C@H]2CCCN(S(=O)(=O)c3cc(Cl)ccc3OC)C2)c1. The third-order valence-corrected chi connectivity index (χ3v) is 7.28. The molecule has 0 unspecified atom stereocenters. The van der Waals surface area contributed by atoms with E-state index in [1.54, 1.807) is 24.3 Å². The Morgan fingerprint density at radius 3 is 2.45 bits per heavy atom. The number of nitrogens with zero attached hydrogens (tertiary/aromatic N) is 1. The second-order valence-electron chi connectivity index (χ2n) is 7.05. The van der Waals surface area contributed by atoms with Gasteiger partial charge in [0.05, 0.1) is 32.9 Å². The van der Waals surface area contributed by atoms with Crippen LogP contribution in [-0.2, 0) is 14.8 Å². The minimum absolute atomic E-state index is 0.0157. The highest BCUT2D eigenvalue weighted by Crippen LogP contribution is 2.33. The van der Waals surface area contributed by atoms with Crippen LogP contribution < -0.4 is 19.5 Å². The number of anilines is 1. The van der Waals surface area contributed by atoms with Crippen molar-refractivity contribution in [3.8, 4) is 17.2 Å². The lowest BCUT2D eigenvalue weighted by Gasteiger charge is -2.31. The fourth-order valence-corrected chi connectivity index (χ4v) is 5.45. The van der Waals surface area contributed by atoms with E-state index < -0.39 is 15.9 Å². The Labute approximate surface area is 187 Å². The standard InChI is InChI=1S/C21H25ClN2O6S/c1-28-16-7-9-18(29-2)17(12-16)23-21(25)14-5-4-10-24(13-14)31(26,27)20-11-15(22)6-8-19(20)30-3/h6-9,11-12,14H,4-5,10,13H2,1-3H3,(H,23,25)/t14-/m0/s1. The van der Waals surface area contributed by atoms with E-state index in [9.17, 15) is 13.2 Å². The number of methoxy groups -OCH3 is 3. The van der Waals surface area contributed by atoms with Gasteiger partial charge in [0.25, 0.3) is 0 Å². The van der Waals surface area contributed by atoms with Crippen molar-refractivity contribution in [2.45, 2.75) is 17.7 Å². The fraction of sp³-hybridized carbons (Fsp3) is 0.381. The van der Waals surface area contributed by atoms with Crippen molar-refractivity contribution in [1.82, 2.24) is 4.31 Å². The van der Waals surface area contributed by atoms with Crippen LogP contribution in [0.1, 0.15) is 12.8 Å². The van der Waals surface area contributed by atoms with Gasteiger partial charge in [0.1, 0.15) is 22.1 Å². The zero-order valence-electron chi connectivity index (χ0n) is 17.6. The van der Waals surface area contributed by atoms with Crippen LogP contribution in [-0.4, -0.2) is 53.0 Å². The van der Waals surface area contributed by atoms with Gasteiger partial charge in [-0.3, -0.25) is 4.79 Å². The Balaban J connectivity index is 1.81. The highest BCUT2D eigenvalue weighted by atomic mass is 35.5. The first-order chi connectivity index (χ1) is 14.8. The second-order valence-corrected chi connectivity index (χ2v) is 9.40. The predicted molar refractivity (Wildman–Crippen MR) is 118 cm³/mol. The Morgan fingerprint density at radius 2 is 1.77 bits per heavy atom. The van der Waals surface area contributed by atoms with Gasteiger partial charge in [-0.2, -0.15) is 4.31 Å². The lowest BCUT2D eigenvalue weighted by Crippen LogP contribution is -2.43. The van der Waals surface area contributed by atoms with Gasteiger partial charge >= 0.3 is 0 Å². The third-order valence-electron chi connectivity index (χ3n) is 5.16. The molecular formula is C21H25ClN2O6S. The Hall–Kier alpha value is -2.49. The zero-order valence-corrected chi connectivity index (χ0v) is 19.1. The Bertz CT molecular complexity index is 1060. The Morgan fingerprint density at radius 1 is 1.06 bits per heavy atom. The van der Waals surface area contributed by atoms with Crippen LogP contribution in [0.2, 0.25) is 5.02 Å². The van der Waals surface area contributed by atoms with Crippen molar-refractivity contribution in [3.63, 3.8) is 0 Å². The van der Waals surface area contributed by atoms with Crippen molar-refractivity contribution in [3.05, 3.63) is 41.4 Å². The maximum atomic E-state index is 13.2. The number of ether oxygens (including phenoxy) is 3. The largest absolute Gasteiger partial charge is 0.497 e. The van der Waals surface area contributed by atoms with Crippen LogP contribution in [0.25, 0.3) is 0 Å². The molecule has 1 amide bonds. The highest BCUT2D eigenvalue weighted by Gasteiger charge is 2.35. The molecule has 2 aromatic rings. The first kappa shape index (κ1) is 23.2. The normalized spacial score (nSPS) is 17.1. The molecule has 0 aromatic heterocycles. The minimum atomic E-state index is -3.89. The summed E-state index contributed by atoms with van der Waals surface area (Å²) in [6, 6.07) is 9.51. The van der Waals surface area contributed by atoms with E-state index in [-0.39, 0.29) is 28.1 Å². The second kappa shape index (κ2) is 9.76. The molecule has 10 heteroatoms. The van der Waals surface area contributed by atoms with Crippen molar-refractivity contribution >= 4 is 33.2 Å². The summed E-state index contributed by atoms with van der Waals surface area (Å²) < 4.78 is 43.5. The summed E-state index contributed by atoms with van der Waals surface area (Å²) in [7, 11) is 0.542. The van der Waals surface area contributed by atoms with Crippen molar-refractivity contribution in [2.24, 2.45) is 5.92 Å². The van der Waals surface area contributed by atoms with Crippen molar-refractivity contribution in [1.29, 1.82) is 0 Å². The van der Waals surface area contributed by atoms with Crippen LogP contribution in [0.15, 0.2) is 41.3 Å². The number of hydrogen-bond donors (Lipinski definition) is 1. The van der Waals surface area contributed by atoms with Gasteiger partial charge in [-0.25, -0.2) is 8.42 Å². The molecule has 2 aromatic carbocycles. The molecule has 31 heavy (non-hydrogen) atoms. The first-order valence-electron chi connectivity index (χ1n) is 9.66. The van der Waals surface area contributed by atoms with Gasteiger partial charge in [-0.15, -0.1) is 0 Å². The van der Waals surface area contributed by atoms with E-state index in [0.29, 0.717) is 36.6 Å². The summed E-state index contributed by atoms with van der Waals surface area (Å²) in [6.07, 6.45) is 1.12. The summed E-state index contributed by atoms with van der Waals surface area (Å²) in [4.78, 5) is 12.9. The summed E-state index contributed by atoms with van der Waals surface area (Å²) in [5.41, 5.74) is 0.461. The maximum absolute atomic E-state index is 13.2. The minimum Gasteiger partial charge on any atom is -0.497 e. The van der Waals surface area contributed by atoms with Crippen LogP contribution in [0.3, 0.4) is 0 Å². The summed E-state index contributed by atoms with van der Waals surface area (Å²) in [5.74, 6) is 0.446. The average molecular weight is 469 g/mol. The van der Waals surface area contributed by atoms with Gasteiger partial charge in [0.2, 0.25) is 15.9 Å². The number of halogens is 1. The van der Waals surface area contributed by atoms with E-state index in [2.05, 4.69) is 5.32 Å². The quantitative estimate of drug-likeness (QED) is 0.669. The van der Waals surface area contributed by atoms with E-state index in [0.717, 1.165) is 0 Å². The molecule has 1 atom stereocenters. The number of benzene rings is 2. The van der Waals surface area contributed by atoms with Gasteiger partial charge < -0.3 is 19.5 Å². The van der Waals surface area contributed by atoms with Gasteiger partial charge in [-0.1, -0.05) is 11.6 Å². The average Bonchev–Trinajstić information content (AvgIpc) is 2.79. The van der Waals surface area contributed by atoms with E-state index >= 15 is 0 Å². The topological polar surface area (TPSA) is 94.2 Å². The lowest BCUT2D eigenvalue weighted by atomic mass is 9.98. The fourth-order valence-electron chi connectivity index (χ4n) is 3.51. The molecule has 8 nitrogen and oxygen atoms in total. The molecule has 0 radical (unpaired) electrons. The smallest absolute Gasteiger partial charge is 0.246 e. The number of piperidine rings is 1. The number of carbonyl (C=O) groups is 1. The van der Waals surface area contributed by atoms with Crippen molar-refractivity contribution < 1.29 is 27.4 Å². The highest BCUT2D eigenvalue weighted by molar-refractivity contribution is 7.89. The molecule has 1 aliphatic rings. The molecule has 0 bridgehead atoms. The van der Waals surface area contributed by atoms with E-state index in [4.69, 9.17) is 25.8 Å². The zero-order chi connectivity index (χ0) is 22.6. The molecule has 1 aliphatic heterocycles. The molecule has 0 spiro atoms. The predicted octanol–water partition coefficient (Wildman–Crippen LogP) is 3.41. The first-order valence-corrected chi connectivity index (χ1v) is 11.5. The summed E-state index contributed by atoms with van der Waals surface area (Å²) in [5, 5.41) is 3.13. The molecule has 1 N–H and O–H groups in total. The molecule has 1 saturated heterocycles. The number of rotatable bonds is 7. The number of amides is 1. The summed E-state index contributed by atoms with van der Waals surface area (Å²) >= 11 is 6.02. The Kier molecular flexibility index (Phi) is 7.30. The molecule has 0 saturated carbocycles. The van der Waals surface area contributed by atoms with Crippen molar-refractivity contribution in [2.75, 3.05) is 39.7 Å². The molecule has 1 fully saturated rings. The van der Waals surface area contributed by atoms with Gasteiger partial charge in [0, 0.05) is 24.2 Å². The number of carbonyl (C=O) groups excluding carboxylic acids is 1. The van der Waals surface area contributed by atoms with E-state index in [1.165, 1.54) is 37.8 Å². The van der Waals surface area contributed by atoms with Crippen LogP contribution in [0, 0.1) is 5.92 Å². The van der Waals surface area contributed by atoms with Gasteiger partial charge in [-0.05, 0) is 43.2 Å². The third kappa shape index (κ3) is 5.06. The van der Waals surface area contributed by atoms with Crippen LogP contribution in [0.5, 0.6) is 17.2 Å². The molecule has 1 heterocycles. The maximum Gasteiger partial charge on any atom is 0.246 e. The monoisotopic (exact) mass is 468 g/mol. The van der Waals surface area contributed by atoms with Crippen LogP contribution in [0.4, 0.5) is 5.69 Å². The molecule has 3 rings (SSSR count). The molecular weight excluding hydrogens is 444 g/mol. The molecule has 0 aliphatic carbocycles.